The monoisotopic (exact) mass is 369 g/mol. The van der Waals surface area contributed by atoms with Crippen molar-refractivity contribution < 1.29 is 4.79 Å². The summed E-state index contributed by atoms with van der Waals surface area (Å²) < 4.78 is 0. The van der Waals surface area contributed by atoms with E-state index in [1.165, 1.54) is 10.5 Å². The van der Waals surface area contributed by atoms with E-state index in [0.29, 0.717) is 6.54 Å². The summed E-state index contributed by atoms with van der Waals surface area (Å²) in [5, 5.41) is 3.12. The molecule has 0 aliphatic carbocycles. The second-order valence-electron chi connectivity index (χ2n) is 6.59. The van der Waals surface area contributed by atoms with Crippen LogP contribution in [-0.4, -0.2) is 65.3 Å². The van der Waals surface area contributed by atoms with Crippen molar-refractivity contribution >= 4 is 23.6 Å². The molecule has 1 amide bonds. The third-order valence-corrected chi connectivity index (χ3v) is 6.19. The number of piperazine rings is 1. The molecule has 6 nitrogen and oxygen atoms in total. The number of benzene rings is 1. The Morgan fingerprint density at radius 1 is 1.12 bits per heavy atom. The second-order valence-corrected chi connectivity index (χ2v) is 7.83. The minimum absolute atomic E-state index is 0.0134. The molecule has 136 valence electrons. The highest BCUT2D eigenvalue weighted by atomic mass is 32.2. The van der Waals surface area contributed by atoms with Crippen LogP contribution >= 0.6 is 11.8 Å². The van der Waals surface area contributed by atoms with Crippen LogP contribution in [0.3, 0.4) is 0 Å². The SMILES string of the molecule is O=C(NCCN1CCN(c2ncccn2)CC1)C1Cc2ccccc2S1. The quantitative estimate of drug-likeness (QED) is 0.860. The maximum atomic E-state index is 12.4. The molecule has 1 N–H and O–H groups in total. The highest BCUT2D eigenvalue weighted by molar-refractivity contribution is 8.01. The zero-order valence-corrected chi connectivity index (χ0v) is 15.5. The third kappa shape index (κ3) is 3.99. The van der Waals surface area contributed by atoms with Crippen molar-refractivity contribution in [3.8, 4) is 0 Å². The topological polar surface area (TPSA) is 61.4 Å². The van der Waals surface area contributed by atoms with Gasteiger partial charge in [0.25, 0.3) is 0 Å². The Kier molecular flexibility index (Phi) is 5.36. The molecule has 26 heavy (non-hydrogen) atoms. The van der Waals surface area contributed by atoms with E-state index in [2.05, 4.69) is 37.2 Å². The fraction of sp³-hybridized carbons (Fsp3) is 0.421. The summed E-state index contributed by atoms with van der Waals surface area (Å²) in [6.07, 6.45) is 4.40. The summed E-state index contributed by atoms with van der Waals surface area (Å²) in [6.45, 7) is 5.38. The minimum atomic E-state index is 0.0134. The predicted molar refractivity (Wildman–Crippen MR) is 103 cm³/mol. The lowest BCUT2D eigenvalue weighted by Gasteiger charge is -2.34. The number of thioether (sulfide) groups is 1. The fourth-order valence-corrected chi connectivity index (χ4v) is 4.63. The van der Waals surface area contributed by atoms with Crippen molar-refractivity contribution in [2.24, 2.45) is 0 Å². The summed E-state index contributed by atoms with van der Waals surface area (Å²) in [5.74, 6) is 0.959. The van der Waals surface area contributed by atoms with Crippen LogP contribution in [-0.2, 0) is 11.2 Å². The number of fused-ring (bicyclic) bond motifs is 1. The molecule has 0 bridgehead atoms. The highest BCUT2D eigenvalue weighted by Crippen LogP contribution is 2.36. The summed E-state index contributed by atoms with van der Waals surface area (Å²) in [5.41, 5.74) is 1.29. The maximum absolute atomic E-state index is 12.4. The smallest absolute Gasteiger partial charge is 0.233 e. The molecular weight excluding hydrogens is 346 g/mol. The summed E-state index contributed by atoms with van der Waals surface area (Å²) in [4.78, 5) is 26.9. The molecule has 0 saturated carbocycles. The molecule has 2 aromatic rings. The van der Waals surface area contributed by atoms with Gasteiger partial charge >= 0.3 is 0 Å². The number of rotatable bonds is 5. The molecule has 3 heterocycles. The summed E-state index contributed by atoms with van der Waals surface area (Å²) in [6, 6.07) is 10.1. The number of anilines is 1. The Hall–Kier alpha value is -2.12. The average molecular weight is 369 g/mol. The van der Waals surface area contributed by atoms with Crippen molar-refractivity contribution in [2.45, 2.75) is 16.6 Å². The van der Waals surface area contributed by atoms with Crippen molar-refractivity contribution in [3.63, 3.8) is 0 Å². The lowest BCUT2D eigenvalue weighted by molar-refractivity contribution is -0.120. The van der Waals surface area contributed by atoms with Gasteiger partial charge in [0.15, 0.2) is 0 Å². The van der Waals surface area contributed by atoms with Crippen molar-refractivity contribution in [1.82, 2.24) is 20.2 Å². The summed E-state index contributed by atoms with van der Waals surface area (Å²) in [7, 11) is 0. The van der Waals surface area contributed by atoms with Gasteiger partial charge in [-0.2, -0.15) is 0 Å². The van der Waals surface area contributed by atoms with Gasteiger partial charge in [-0.1, -0.05) is 18.2 Å². The average Bonchev–Trinajstić information content (AvgIpc) is 3.13. The molecule has 1 aromatic heterocycles. The minimum Gasteiger partial charge on any atom is -0.354 e. The molecular formula is C19H23N5OS. The van der Waals surface area contributed by atoms with Crippen molar-refractivity contribution in [1.29, 1.82) is 0 Å². The lowest BCUT2D eigenvalue weighted by atomic mass is 10.1. The van der Waals surface area contributed by atoms with E-state index >= 15 is 0 Å². The number of carbonyl (C=O) groups excluding carboxylic acids is 1. The van der Waals surface area contributed by atoms with E-state index < -0.39 is 0 Å². The van der Waals surface area contributed by atoms with Crippen LogP contribution in [0.15, 0.2) is 47.6 Å². The number of nitrogens with zero attached hydrogens (tertiary/aromatic N) is 4. The predicted octanol–water partition coefficient (Wildman–Crippen LogP) is 1.43. The van der Waals surface area contributed by atoms with E-state index in [-0.39, 0.29) is 11.2 Å². The first kappa shape index (κ1) is 17.3. The Balaban J connectivity index is 1.17. The molecule has 2 aliphatic heterocycles. The van der Waals surface area contributed by atoms with Gasteiger partial charge in [-0.05, 0) is 24.1 Å². The molecule has 4 rings (SSSR count). The Labute approximate surface area is 158 Å². The number of hydrogen-bond donors (Lipinski definition) is 1. The zero-order chi connectivity index (χ0) is 17.8. The first-order chi connectivity index (χ1) is 12.8. The number of amides is 1. The molecule has 0 radical (unpaired) electrons. The largest absolute Gasteiger partial charge is 0.354 e. The van der Waals surface area contributed by atoms with Gasteiger partial charge in [-0.15, -0.1) is 11.8 Å². The van der Waals surface area contributed by atoms with Crippen LogP contribution in [0.5, 0.6) is 0 Å². The number of nitrogens with one attached hydrogen (secondary N) is 1. The van der Waals surface area contributed by atoms with Crippen LogP contribution in [0.1, 0.15) is 5.56 Å². The van der Waals surface area contributed by atoms with Crippen molar-refractivity contribution in [2.75, 3.05) is 44.2 Å². The standard InChI is InChI=1S/C19H23N5OS/c25-18(17-14-15-4-1-2-5-16(15)26-17)20-8-9-23-10-12-24(13-11-23)19-21-6-3-7-22-19/h1-7,17H,8-14H2,(H,20,25). The molecule has 1 saturated heterocycles. The maximum Gasteiger partial charge on any atom is 0.233 e. The molecule has 1 unspecified atom stereocenters. The summed E-state index contributed by atoms with van der Waals surface area (Å²) >= 11 is 1.68. The third-order valence-electron chi connectivity index (χ3n) is 4.87. The van der Waals surface area contributed by atoms with Crippen LogP contribution in [0.25, 0.3) is 0 Å². The van der Waals surface area contributed by atoms with Crippen LogP contribution in [0, 0.1) is 0 Å². The van der Waals surface area contributed by atoms with E-state index in [1.54, 1.807) is 24.2 Å². The van der Waals surface area contributed by atoms with Gasteiger partial charge < -0.3 is 10.2 Å². The molecule has 1 atom stereocenters. The van der Waals surface area contributed by atoms with E-state index in [4.69, 9.17) is 0 Å². The van der Waals surface area contributed by atoms with Crippen molar-refractivity contribution in [3.05, 3.63) is 48.3 Å². The van der Waals surface area contributed by atoms with Crippen LogP contribution in [0.2, 0.25) is 0 Å². The molecule has 2 aliphatic rings. The van der Waals surface area contributed by atoms with E-state index in [1.807, 2.05) is 18.2 Å². The van der Waals surface area contributed by atoms with Gasteiger partial charge in [-0.25, -0.2) is 9.97 Å². The number of hydrogen-bond acceptors (Lipinski definition) is 6. The molecule has 1 aromatic carbocycles. The van der Waals surface area contributed by atoms with Gasteiger partial charge in [-0.3, -0.25) is 9.69 Å². The first-order valence-corrected chi connectivity index (χ1v) is 9.94. The fourth-order valence-electron chi connectivity index (χ4n) is 3.41. The number of carbonyl (C=O) groups is 1. The second kappa shape index (κ2) is 8.05. The van der Waals surface area contributed by atoms with Crippen LogP contribution < -0.4 is 10.2 Å². The van der Waals surface area contributed by atoms with E-state index in [0.717, 1.165) is 45.1 Å². The Bertz CT molecular complexity index is 724. The molecule has 0 spiro atoms. The Morgan fingerprint density at radius 2 is 1.88 bits per heavy atom. The van der Waals surface area contributed by atoms with E-state index in [9.17, 15) is 4.79 Å². The van der Waals surface area contributed by atoms with Crippen LogP contribution in [0.4, 0.5) is 5.95 Å². The molecule has 1 fully saturated rings. The van der Waals surface area contributed by atoms with Gasteiger partial charge in [0.05, 0.1) is 5.25 Å². The normalized spacial score (nSPS) is 20.0. The van der Waals surface area contributed by atoms with Gasteiger partial charge in [0.2, 0.25) is 11.9 Å². The zero-order valence-electron chi connectivity index (χ0n) is 14.7. The Morgan fingerprint density at radius 3 is 2.65 bits per heavy atom. The number of aromatic nitrogens is 2. The first-order valence-electron chi connectivity index (χ1n) is 9.06. The van der Waals surface area contributed by atoms with Gasteiger partial charge in [0.1, 0.15) is 0 Å². The highest BCUT2D eigenvalue weighted by Gasteiger charge is 2.27. The lowest BCUT2D eigenvalue weighted by Crippen LogP contribution is -2.49. The molecule has 7 heteroatoms. The van der Waals surface area contributed by atoms with Gasteiger partial charge in [0, 0.05) is 56.6 Å².